The van der Waals surface area contributed by atoms with Crippen LogP contribution in [0.1, 0.15) is 6.92 Å². The molecule has 0 spiro atoms. The number of hydrogen-bond acceptors (Lipinski definition) is 5. The van der Waals surface area contributed by atoms with E-state index in [4.69, 9.17) is 5.73 Å². The fraction of sp³-hybridized carbons (Fsp3) is 0.0588. The number of H-pyrrole nitrogens is 1. The standard InChI is InChI=1S/C17H15N5O3/c1-10(23)22(13-4-2-3-11(18)7-13)17(25)16(24)21-12-5-6-14-15(8-12)20-9-19-14/h2-9H,18H2,1H3,(H,19,20)(H,21,24). The van der Waals surface area contributed by atoms with Gasteiger partial charge in [-0.3, -0.25) is 14.4 Å². The van der Waals surface area contributed by atoms with Crippen LogP contribution in [0.15, 0.2) is 48.8 Å². The van der Waals surface area contributed by atoms with Crippen molar-refractivity contribution in [1.82, 2.24) is 9.97 Å². The van der Waals surface area contributed by atoms with E-state index < -0.39 is 17.7 Å². The molecule has 0 radical (unpaired) electrons. The maximum absolute atomic E-state index is 12.4. The van der Waals surface area contributed by atoms with Crippen molar-refractivity contribution < 1.29 is 14.4 Å². The van der Waals surface area contributed by atoms with Crippen molar-refractivity contribution in [3.8, 4) is 0 Å². The zero-order valence-corrected chi connectivity index (χ0v) is 13.3. The van der Waals surface area contributed by atoms with Crippen LogP contribution in [0, 0.1) is 0 Å². The first-order chi connectivity index (χ1) is 12.0. The highest BCUT2D eigenvalue weighted by Gasteiger charge is 2.27. The van der Waals surface area contributed by atoms with Crippen LogP contribution in [0.2, 0.25) is 0 Å². The molecule has 126 valence electrons. The molecule has 0 unspecified atom stereocenters. The van der Waals surface area contributed by atoms with Gasteiger partial charge in [0.25, 0.3) is 0 Å². The van der Waals surface area contributed by atoms with Gasteiger partial charge in [-0.25, -0.2) is 9.88 Å². The van der Waals surface area contributed by atoms with Gasteiger partial charge in [0, 0.05) is 18.3 Å². The summed E-state index contributed by atoms with van der Waals surface area (Å²) >= 11 is 0. The Morgan fingerprint density at radius 1 is 1.16 bits per heavy atom. The SMILES string of the molecule is CC(=O)N(C(=O)C(=O)Nc1ccc2nc[nH]c2c1)c1cccc(N)c1. The number of aromatic amines is 1. The summed E-state index contributed by atoms with van der Waals surface area (Å²) in [6.07, 6.45) is 1.53. The molecule has 2 aromatic carbocycles. The fourth-order valence-corrected chi connectivity index (χ4v) is 2.41. The largest absolute Gasteiger partial charge is 0.399 e. The Morgan fingerprint density at radius 2 is 1.96 bits per heavy atom. The van der Waals surface area contributed by atoms with Crippen molar-refractivity contribution in [2.45, 2.75) is 6.92 Å². The summed E-state index contributed by atoms with van der Waals surface area (Å²) in [6, 6.07) is 11.2. The van der Waals surface area contributed by atoms with Gasteiger partial charge in [-0.15, -0.1) is 0 Å². The van der Waals surface area contributed by atoms with Crippen molar-refractivity contribution >= 4 is 45.8 Å². The van der Waals surface area contributed by atoms with Gasteiger partial charge < -0.3 is 16.0 Å². The van der Waals surface area contributed by atoms with E-state index in [1.54, 1.807) is 30.3 Å². The van der Waals surface area contributed by atoms with E-state index >= 15 is 0 Å². The molecule has 1 heterocycles. The van der Waals surface area contributed by atoms with Crippen molar-refractivity contribution in [3.63, 3.8) is 0 Å². The summed E-state index contributed by atoms with van der Waals surface area (Å²) in [6.45, 7) is 1.20. The quantitative estimate of drug-likeness (QED) is 0.485. The van der Waals surface area contributed by atoms with Crippen molar-refractivity contribution in [2.75, 3.05) is 16.0 Å². The Bertz CT molecular complexity index is 979. The molecule has 3 rings (SSSR count). The minimum atomic E-state index is -0.997. The fourth-order valence-electron chi connectivity index (χ4n) is 2.41. The molecule has 8 nitrogen and oxygen atoms in total. The zero-order chi connectivity index (χ0) is 18.0. The number of imide groups is 1. The second kappa shape index (κ2) is 6.44. The first-order valence-electron chi connectivity index (χ1n) is 7.40. The minimum absolute atomic E-state index is 0.233. The summed E-state index contributed by atoms with van der Waals surface area (Å²) in [4.78, 5) is 44.4. The topological polar surface area (TPSA) is 121 Å². The molecular weight excluding hydrogens is 322 g/mol. The molecule has 3 amide bonds. The van der Waals surface area contributed by atoms with Crippen LogP contribution in [0.5, 0.6) is 0 Å². The Hall–Kier alpha value is -3.68. The molecule has 0 fully saturated rings. The van der Waals surface area contributed by atoms with E-state index in [0.29, 0.717) is 16.9 Å². The highest BCUT2D eigenvalue weighted by Crippen LogP contribution is 2.19. The molecule has 0 aliphatic rings. The molecular formula is C17H15N5O3. The Labute approximate surface area is 142 Å². The molecule has 3 aromatic rings. The monoisotopic (exact) mass is 337 g/mol. The van der Waals surface area contributed by atoms with Crippen LogP contribution in [0.4, 0.5) is 17.1 Å². The molecule has 0 aliphatic heterocycles. The van der Waals surface area contributed by atoms with Gasteiger partial charge in [0.05, 0.1) is 23.0 Å². The number of aromatic nitrogens is 2. The lowest BCUT2D eigenvalue weighted by Crippen LogP contribution is -2.42. The summed E-state index contributed by atoms with van der Waals surface area (Å²) in [7, 11) is 0. The number of benzene rings is 2. The summed E-state index contributed by atoms with van der Waals surface area (Å²) in [5, 5.41) is 2.48. The number of hydrogen-bond donors (Lipinski definition) is 3. The zero-order valence-electron chi connectivity index (χ0n) is 13.3. The molecule has 25 heavy (non-hydrogen) atoms. The van der Waals surface area contributed by atoms with E-state index in [1.165, 1.54) is 25.4 Å². The molecule has 1 aromatic heterocycles. The number of rotatable bonds is 2. The summed E-state index contributed by atoms with van der Waals surface area (Å²) in [5.74, 6) is -2.52. The second-order valence-corrected chi connectivity index (χ2v) is 5.34. The number of nitrogens with two attached hydrogens (primary N) is 1. The van der Waals surface area contributed by atoms with Crippen LogP contribution in [-0.4, -0.2) is 27.7 Å². The lowest BCUT2D eigenvalue weighted by atomic mass is 10.2. The highest BCUT2D eigenvalue weighted by molar-refractivity contribution is 6.48. The van der Waals surface area contributed by atoms with Crippen LogP contribution >= 0.6 is 0 Å². The number of anilines is 3. The van der Waals surface area contributed by atoms with Gasteiger partial charge >= 0.3 is 11.8 Å². The van der Waals surface area contributed by atoms with Gasteiger partial charge in [0.15, 0.2) is 0 Å². The molecule has 0 saturated carbocycles. The van der Waals surface area contributed by atoms with E-state index in [-0.39, 0.29) is 5.69 Å². The number of nitrogens with zero attached hydrogens (tertiary/aromatic N) is 2. The van der Waals surface area contributed by atoms with Crippen LogP contribution in [-0.2, 0) is 14.4 Å². The van der Waals surface area contributed by atoms with Crippen molar-refractivity contribution in [3.05, 3.63) is 48.8 Å². The van der Waals surface area contributed by atoms with Crippen LogP contribution in [0.3, 0.4) is 0 Å². The second-order valence-electron chi connectivity index (χ2n) is 5.34. The average Bonchev–Trinajstić information content (AvgIpc) is 3.02. The number of nitrogens with one attached hydrogen (secondary N) is 2. The van der Waals surface area contributed by atoms with Gasteiger partial charge in [-0.05, 0) is 36.4 Å². The number of carbonyl (C=O) groups excluding carboxylic acids is 3. The normalized spacial score (nSPS) is 10.4. The Balaban J connectivity index is 1.83. The van der Waals surface area contributed by atoms with E-state index in [0.717, 1.165) is 10.4 Å². The van der Waals surface area contributed by atoms with Crippen LogP contribution in [0.25, 0.3) is 11.0 Å². The first kappa shape index (κ1) is 16.2. The molecule has 8 heteroatoms. The highest BCUT2D eigenvalue weighted by atomic mass is 16.2. The van der Waals surface area contributed by atoms with Gasteiger partial charge in [0.2, 0.25) is 5.91 Å². The molecule has 4 N–H and O–H groups in total. The Morgan fingerprint density at radius 3 is 2.68 bits per heavy atom. The summed E-state index contributed by atoms with van der Waals surface area (Å²) in [5.41, 5.74) is 8.14. The lowest BCUT2D eigenvalue weighted by Gasteiger charge is -2.19. The number of amides is 3. The number of fused-ring (bicyclic) bond motifs is 1. The average molecular weight is 337 g/mol. The third-order valence-corrected chi connectivity index (χ3v) is 3.52. The summed E-state index contributed by atoms with van der Waals surface area (Å²) < 4.78 is 0. The number of carbonyl (C=O) groups is 3. The molecule has 0 atom stereocenters. The lowest BCUT2D eigenvalue weighted by molar-refractivity contribution is -0.136. The van der Waals surface area contributed by atoms with Crippen LogP contribution < -0.4 is 16.0 Å². The molecule has 0 bridgehead atoms. The third-order valence-electron chi connectivity index (χ3n) is 3.52. The maximum atomic E-state index is 12.4. The van der Waals surface area contributed by atoms with Gasteiger partial charge in [0.1, 0.15) is 0 Å². The number of nitrogen functional groups attached to an aromatic ring is 1. The van der Waals surface area contributed by atoms with E-state index in [1.807, 2.05) is 0 Å². The maximum Gasteiger partial charge on any atom is 0.323 e. The smallest absolute Gasteiger partial charge is 0.323 e. The molecule has 0 aliphatic carbocycles. The minimum Gasteiger partial charge on any atom is -0.399 e. The third kappa shape index (κ3) is 3.32. The van der Waals surface area contributed by atoms with Gasteiger partial charge in [-0.1, -0.05) is 6.07 Å². The predicted octanol–water partition coefficient (Wildman–Crippen LogP) is 1.66. The molecule has 0 saturated heterocycles. The first-order valence-corrected chi connectivity index (χ1v) is 7.40. The predicted molar refractivity (Wildman–Crippen MR) is 93.7 cm³/mol. The van der Waals surface area contributed by atoms with Crippen molar-refractivity contribution in [1.29, 1.82) is 0 Å². The Kier molecular flexibility index (Phi) is 4.17. The van der Waals surface area contributed by atoms with E-state index in [2.05, 4.69) is 15.3 Å². The van der Waals surface area contributed by atoms with Crippen molar-refractivity contribution in [2.24, 2.45) is 0 Å². The van der Waals surface area contributed by atoms with E-state index in [9.17, 15) is 14.4 Å². The van der Waals surface area contributed by atoms with Gasteiger partial charge in [-0.2, -0.15) is 0 Å². The number of imidazole rings is 1.